The molecule has 386 valence electrons. The van der Waals surface area contributed by atoms with E-state index in [1.54, 1.807) is 6.20 Å². The number of ether oxygens (including phenoxy) is 1. The molecule has 9 aromatic carbocycles. The number of rotatable bonds is 6. The van der Waals surface area contributed by atoms with Gasteiger partial charge in [0.15, 0.2) is 11.5 Å². The van der Waals surface area contributed by atoms with Gasteiger partial charge in [0.2, 0.25) is 0 Å². The number of fused-ring (bicyclic) bond motifs is 19. The van der Waals surface area contributed by atoms with Crippen molar-refractivity contribution >= 4 is 82.5 Å². The molecule has 1 spiro atoms. The van der Waals surface area contributed by atoms with Gasteiger partial charge < -0.3 is 23.0 Å². The van der Waals surface area contributed by atoms with E-state index in [1.165, 1.54) is 0 Å². The van der Waals surface area contributed by atoms with Crippen molar-refractivity contribution in [3.05, 3.63) is 276 Å². The SMILES string of the molecule is C=C/N=C\c1c(C)c2ccccc2n1-c1cccc2c1Oc1c(-n3c4ccccc4c4cc(C#N)ccc43)cccc1C21c2cc(-n3c4ccccc4c4ccccc43)cnc2-c2ncc(-n3c4ccccc4c4cc(C#N)ccc43)cc21. The van der Waals surface area contributed by atoms with Crippen LogP contribution in [0.1, 0.15) is 44.6 Å². The van der Waals surface area contributed by atoms with Crippen molar-refractivity contribution in [2.75, 3.05) is 0 Å². The number of nitrogens with zero attached hydrogens (tertiary/aromatic N) is 9. The predicted molar refractivity (Wildman–Crippen MR) is 331 cm³/mol. The Labute approximate surface area is 474 Å². The van der Waals surface area contributed by atoms with Crippen molar-refractivity contribution in [1.29, 1.82) is 10.5 Å². The minimum Gasteiger partial charge on any atom is -0.452 e. The lowest BCUT2D eigenvalue weighted by Crippen LogP contribution is -2.33. The van der Waals surface area contributed by atoms with Crippen LogP contribution in [-0.4, -0.2) is 34.5 Å². The summed E-state index contributed by atoms with van der Waals surface area (Å²) in [6.07, 6.45) is 7.42. The van der Waals surface area contributed by atoms with E-state index in [2.05, 4.69) is 219 Å². The van der Waals surface area contributed by atoms with Gasteiger partial charge in [-0.15, -0.1) is 0 Å². The third-order valence-corrected chi connectivity index (χ3v) is 17.4. The second-order valence-electron chi connectivity index (χ2n) is 21.4. The quantitative estimate of drug-likeness (QED) is 0.154. The van der Waals surface area contributed by atoms with Crippen LogP contribution in [-0.2, 0) is 5.41 Å². The minimum absolute atomic E-state index is 0.581. The molecule has 0 radical (unpaired) electrons. The number of pyridine rings is 2. The summed E-state index contributed by atoms with van der Waals surface area (Å²) in [7, 11) is 0. The molecule has 83 heavy (non-hydrogen) atoms. The maximum absolute atomic E-state index is 10.2. The molecule has 1 aliphatic heterocycles. The Bertz CT molecular complexity index is 5460. The highest BCUT2D eigenvalue weighted by Gasteiger charge is 2.54. The minimum atomic E-state index is -1.16. The number of aliphatic imine (C=N–C) groups is 1. The normalized spacial score (nSPS) is 14.2. The molecule has 6 aromatic heterocycles. The molecule has 15 aromatic rings. The summed E-state index contributed by atoms with van der Waals surface area (Å²) in [6, 6.07) is 76.7. The van der Waals surface area contributed by atoms with Gasteiger partial charge in [0.1, 0.15) is 0 Å². The standard InChI is InChI=1S/C73H43N9O/c1-3-76-42-68-43(2)48-16-4-9-23-59(48)82(68)67-29-15-22-56-72(67)83-71-55(21-14-28-66(71)81-63-27-13-8-20-52(63)54-35-45(39-75)31-33-65(54)81)73(56)57-36-46(79-60-24-10-5-17-49(60)50-18-6-11-25-61(50)79)40-77-69(57)70-58(73)37-47(41-78-70)80-62-26-12-7-19-51(62)53-34-44(38-74)30-32-64(53)80/h3-37,40-42H,1H2,2H3/b76-42-. The van der Waals surface area contributed by atoms with Crippen LogP contribution in [0.4, 0.5) is 0 Å². The largest absolute Gasteiger partial charge is 0.452 e. The first-order valence-electron chi connectivity index (χ1n) is 27.5. The first-order chi connectivity index (χ1) is 41.0. The Morgan fingerprint density at radius 3 is 1.34 bits per heavy atom. The molecule has 0 saturated heterocycles. The Hall–Kier alpha value is -11.6. The molecule has 0 fully saturated rings. The fourth-order valence-corrected chi connectivity index (χ4v) is 14.1. The van der Waals surface area contributed by atoms with Gasteiger partial charge >= 0.3 is 0 Å². The summed E-state index contributed by atoms with van der Waals surface area (Å²) in [5.74, 6) is 1.31. The fraction of sp³-hybridized carbons (Fsp3) is 0.0274. The first-order valence-corrected chi connectivity index (χ1v) is 27.5. The lowest BCUT2D eigenvalue weighted by molar-refractivity contribution is 0.432. The van der Waals surface area contributed by atoms with E-state index in [0.717, 1.165) is 144 Å². The average molecular weight is 1060 g/mol. The molecule has 0 amide bonds. The molecule has 1 aliphatic carbocycles. The van der Waals surface area contributed by atoms with E-state index in [0.29, 0.717) is 22.6 Å². The molecule has 10 nitrogen and oxygen atoms in total. The smallest absolute Gasteiger partial charge is 0.156 e. The van der Waals surface area contributed by atoms with Crippen LogP contribution in [0.2, 0.25) is 0 Å². The van der Waals surface area contributed by atoms with Crippen molar-refractivity contribution in [2.24, 2.45) is 4.99 Å². The highest BCUT2D eigenvalue weighted by Crippen LogP contribution is 2.64. The topological polar surface area (TPSA) is 115 Å². The maximum Gasteiger partial charge on any atom is 0.156 e. The van der Waals surface area contributed by atoms with E-state index in [4.69, 9.17) is 14.7 Å². The molecule has 1 unspecified atom stereocenters. The van der Waals surface area contributed by atoms with E-state index < -0.39 is 5.41 Å². The fourth-order valence-electron chi connectivity index (χ4n) is 14.1. The van der Waals surface area contributed by atoms with Crippen molar-refractivity contribution in [3.8, 4) is 57.8 Å². The van der Waals surface area contributed by atoms with E-state index in [9.17, 15) is 10.5 Å². The second kappa shape index (κ2) is 17.2. The molecular formula is C73H43N9O. The number of hydrogen-bond acceptors (Lipinski definition) is 6. The molecule has 0 bridgehead atoms. The average Bonchev–Trinajstić information content (AvgIpc) is 3.74. The van der Waals surface area contributed by atoms with Crippen molar-refractivity contribution in [2.45, 2.75) is 12.3 Å². The molecule has 0 N–H and O–H groups in total. The Kier molecular flexibility index (Phi) is 9.61. The van der Waals surface area contributed by atoms with E-state index >= 15 is 0 Å². The Balaban J connectivity index is 1.05. The van der Waals surface area contributed by atoms with Crippen LogP contribution in [0.25, 0.3) is 110 Å². The van der Waals surface area contributed by atoms with Crippen LogP contribution < -0.4 is 4.74 Å². The summed E-state index contributed by atoms with van der Waals surface area (Å²) < 4.78 is 17.1. The molecular weight excluding hydrogens is 1020 g/mol. The first kappa shape index (κ1) is 46.3. The summed E-state index contributed by atoms with van der Waals surface area (Å²) in [5.41, 5.74) is 17.5. The van der Waals surface area contributed by atoms with Crippen molar-refractivity contribution < 1.29 is 4.74 Å². The number of hydrogen-bond donors (Lipinski definition) is 0. The van der Waals surface area contributed by atoms with E-state index in [1.807, 2.05) is 55.0 Å². The molecule has 7 heterocycles. The summed E-state index contributed by atoms with van der Waals surface area (Å²) in [5, 5.41) is 27.8. The van der Waals surface area contributed by atoms with Crippen molar-refractivity contribution in [3.63, 3.8) is 0 Å². The Morgan fingerprint density at radius 2 is 0.855 bits per heavy atom. The molecule has 1 atom stereocenters. The monoisotopic (exact) mass is 1060 g/mol. The third-order valence-electron chi connectivity index (χ3n) is 17.4. The lowest BCUT2D eigenvalue weighted by atomic mass is 9.66. The predicted octanol–water partition coefficient (Wildman–Crippen LogP) is 16.8. The Morgan fingerprint density at radius 1 is 0.446 bits per heavy atom. The molecule has 17 rings (SSSR count). The molecule has 2 aliphatic rings. The highest BCUT2D eigenvalue weighted by molar-refractivity contribution is 6.12. The van der Waals surface area contributed by atoms with Crippen LogP contribution in [0, 0.1) is 29.6 Å². The van der Waals surface area contributed by atoms with Crippen LogP contribution >= 0.6 is 0 Å². The zero-order valence-corrected chi connectivity index (χ0v) is 44.6. The number of para-hydroxylation sites is 7. The number of benzene rings is 9. The van der Waals surface area contributed by atoms with Gasteiger partial charge in [-0.25, -0.2) is 0 Å². The van der Waals surface area contributed by atoms with Gasteiger partial charge in [-0.2, -0.15) is 10.5 Å². The lowest BCUT2D eigenvalue weighted by Gasteiger charge is -2.40. The van der Waals surface area contributed by atoms with E-state index in [-0.39, 0.29) is 0 Å². The zero-order valence-electron chi connectivity index (χ0n) is 44.6. The summed E-state index contributed by atoms with van der Waals surface area (Å²) >= 11 is 0. The van der Waals surface area contributed by atoms with Crippen LogP contribution in [0.15, 0.2) is 236 Å². The molecule has 0 saturated carbocycles. The second-order valence-corrected chi connectivity index (χ2v) is 21.4. The molecule has 10 heteroatoms. The van der Waals surface area contributed by atoms with Crippen LogP contribution in [0.3, 0.4) is 0 Å². The van der Waals surface area contributed by atoms with Gasteiger partial charge in [0.25, 0.3) is 0 Å². The zero-order chi connectivity index (χ0) is 55.2. The summed E-state index contributed by atoms with van der Waals surface area (Å²) in [4.78, 5) is 15.8. The van der Waals surface area contributed by atoms with Gasteiger partial charge in [-0.1, -0.05) is 122 Å². The maximum atomic E-state index is 10.2. The van der Waals surface area contributed by atoms with Gasteiger partial charge in [0.05, 0.1) is 126 Å². The van der Waals surface area contributed by atoms with Crippen molar-refractivity contribution in [1.82, 2.24) is 28.2 Å². The van der Waals surface area contributed by atoms with Gasteiger partial charge in [0, 0.05) is 66.2 Å². The number of aryl methyl sites for hydroxylation is 1. The number of nitriles is 2. The number of aromatic nitrogens is 6. The van der Waals surface area contributed by atoms with Gasteiger partial charge in [-0.3, -0.25) is 15.0 Å². The van der Waals surface area contributed by atoms with Gasteiger partial charge in [-0.05, 0) is 103 Å². The third kappa shape index (κ3) is 6.15. The highest BCUT2D eigenvalue weighted by atomic mass is 16.5. The van der Waals surface area contributed by atoms with Crippen LogP contribution in [0.5, 0.6) is 11.5 Å². The summed E-state index contributed by atoms with van der Waals surface area (Å²) in [6.45, 7) is 6.12.